The Morgan fingerprint density at radius 2 is 1.58 bits per heavy atom. The molecule has 3 aromatic rings. The molecule has 0 saturated carbocycles. The van der Waals surface area contributed by atoms with E-state index in [0.717, 1.165) is 16.9 Å². The number of rotatable bonds is 12. The highest BCUT2D eigenvalue weighted by Crippen LogP contribution is 2.24. The molecule has 4 N–H and O–H groups in total. The van der Waals surface area contributed by atoms with Crippen LogP contribution in [0, 0.1) is 0 Å². The van der Waals surface area contributed by atoms with Gasteiger partial charge in [0.2, 0.25) is 11.8 Å². The Morgan fingerprint density at radius 3 is 2.22 bits per heavy atom. The van der Waals surface area contributed by atoms with Crippen molar-refractivity contribution in [2.75, 3.05) is 11.9 Å². The van der Waals surface area contributed by atoms with E-state index in [-0.39, 0.29) is 18.7 Å². The number of pyridine rings is 1. The van der Waals surface area contributed by atoms with E-state index in [9.17, 15) is 19.5 Å². The van der Waals surface area contributed by atoms with Crippen LogP contribution in [0.25, 0.3) is 11.1 Å². The molecule has 1 unspecified atom stereocenters. The molecule has 1 heterocycles. The minimum absolute atomic E-state index is 0.232. The highest BCUT2D eigenvalue weighted by atomic mass is 16.4. The first-order valence-corrected chi connectivity index (χ1v) is 11.9. The summed E-state index contributed by atoms with van der Waals surface area (Å²) in [6, 6.07) is 22.1. The van der Waals surface area contributed by atoms with E-state index < -0.39 is 23.5 Å². The lowest BCUT2D eigenvalue weighted by molar-refractivity contribution is -0.138. The average molecular weight is 489 g/mol. The van der Waals surface area contributed by atoms with E-state index in [2.05, 4.69) is 20.9 Å². The number of anilines is 1. The van der Waals surface area contributed by atoms with Gasteiger partial charge < -0.3 is 21.1 Å². The number of hydrogen-bond donors (Lipinski definition) is 4. The Bertz CT molecular complexity index is 1150. The summed E-state index contributed by atoms with van der Waals surface area (Å²) in [5, 5.41) is 18.1. The van der Waals surface area contributed by atoms with Crippen LogP contribution in [0.4, 0.5) is 5.82 Å². The number of hydrogen-bond acceptors (Lipinski definition) is 5. The Morgan fingerprint density at radius 1 is 0.917 bits per heavy atom. The van der Waals surface area contributed by atoms with Crippen molar-refractivity contribution in [3.05, 3.63) is 84.6 Å². The fourth-order valence-corrected chi connectivity index (χ4v) is 3.70. The van der Waals surface area contributed by atoms with E-state index in [1.807, 2.05) is 72.8 Å². The van der Waals surface area contributed by atoms with Gasteiger partial charge in [0.05, 0.1) is 12.5 Å². The van der Waals surface area contributed by atoms with Gasteiger partial charge in [0.15, 0.2) is 0 Å². The minimum atomic E-state index is -1.22. The van der Waals surface area contributed by atoms with Gasteiger partial charge in [0, 0.05) is 19.2 Å². The zero-order valence-electron chi connectivity index (χ0n) is 20.5. The van der Waals surface area contributed by atoms with E-state index in [4.69, 9.17) is 0 Å². The molecule has 1 atom stereocenters. The monoisotopic (exact) mass is 488 g/mol. The number of nitrogens with zero attached hydrogens (tertiary/aromatic N) is 1. The number of aromatic nitrogens is 1. The lowest BCUT2D eigenvalue weighted by atomic mass is 9.97. The predicted molar refractivity (Wildman–Crippen MR) is 139 cm³/mol. The molecule has 188 valence electrons. The zero-order chi connectivity index (χ0) is 26.0. The number of carboxylic acid groups (broad SMARTS) is 1. The number of carbonyl (C=O) groups is 3. The van der Waals surface area contributed by atoms with Crippen LogP contribution in [-0.4, -0.2) is 40.0 Å². The van der Waals surface area contributed by atoms with Crippen LogP contribution >= 0.6 is 0 Å². The average Bonchev–Trinajstić information content (AvgIpc) is 2.87. The van der Waals surface area contributed by atoms with E-state index in [0.29, 0.717) is 18.5 Å². The highest BCUT2D eigenvalue weighted by molar-refractivity contribution is 5.91. The van der Waals surface area contributed by atoms with Gasteiger partial charge in [-0.2, -0.15) is 0 Å². The van der Waals surface area contributed by atoms with Crippen LogP contribution in [0.5, 0.6) is 0 Å². The molecule has 8 heteroatoms. The molecule has 0 aliphatic carbocycles. The molecule has 0 spiro atoms. The normalized spacial score (nSPS) is 11.8. The van der Waals surface area contributed by atoms with Crippen LogP contribution in [0.15, 0.2) is 79.0 Å². The van der Waals surface area contributed by atoms with Crippen molar-refractivity contribution in [2.24, 2.45) is 0 Å². The topological polar surface area (TPSA) is 120 Å². The fraction of sp³-hybridized carbons (Fsp3) is 0.286. The van der Waals surface area contributed by atoms with Crippen LogP contribution in [0.1, 0.15) is 44.7 Å². The summed E-state index contributed by atoms with van der Waals surface area (Å²) < 4.78 is 0. The van der Waals surface area contributed by atoms with Gasteiger partial charge in [0.1, 0.15) is 11.4 Å². The van der Waals surface area contributed by atoms with Crippen molar-refractivity contribution < 1.29 is 19.5 Å². The molecule has 36 heavy (non-hydrogen) atoms. The van der Waals surface area contributed by atoms with Gasteiger partial charge in [-0.3, -0.25) is 14.4 Å². The molecular weight excluding hydrogens is 456 g/mol. The Hall–Kier alpha value is -4.20. The van der Waals surface area contributed by atoms with Crippen LogP contribution in [0.2, 0.25) is 0 Å². The summed E-state index contributed by atoms with van der Waals surface area (Å²) >= 11 is 0. The summed E-state index contributed by atoms with van der Waals surface area (Å²) in [5.74, 6) is -1.02. The van der Waals surface area contributed by atoms with Crippen LogP contribution in [-0.2, 0) is 14.4 Å². The van der Waals surface area contributed by atoms with Gasteiger partial charge in [-0.1, -0.05) is 60.7 Å². The van der Waals surface area contributed by atoms with Gasteiger partial charge in [0.25, 0.3) is 0 Å². The van der Waals surface area contributed by atoms with E-state index >= 15 is 0 Å². The maximum atomic E-state index is 13.0. The molecule has 8 nitrogen and oxygen atoms in total. The van der Waals surface area contributed by atoms with Crippen molar-refractivity contribution >= 4 is 23.6 Å². The lowest BCUT2D eigenvalue weighted by Gasteiger charge is -2.28. The van der Waals surface area contributed by atoms with Crippen molar-refractivity contribution in [3.8, 4) is 11.1 Å². The molecule has 3 rings (SSSR count). The molecule has 0 aliphatic rings. The van der Waals surface area contributed by atoms with Crippen LogP contribution in [0.3, 0.4) is 0 Å². The standard InChI is InChI=1S/C28H32N4O4/c1-28(2,32-25(33)12-8-18-30-24-11-6-7-17-29-24)27(36)31-23(19-26(34)35)22-15-13-21(14-16-22)20-9-4-3-5-10-20/h3-7,9-11,13-17,23H,8,12,18-19H2,1-2H3,(H,29,30)(H,31,36)(H,32,33)(H,34,35). The third kappa shape index (κ3) is 7.94. The number of carboxylic acids is 1. The van der Waals surface area contributed by atoms with Crippen molar-refractivity contribution in [1.82, 2.24) is 15.6 Å². The number of nitrogens with one attached hydrogen (secondary N) is 3. The summed E-state index contributed by atoms with van der Waals surface area (Å²) in [5.41, 5.74) is 1.49. The first-order chi connectivity index (χ1) is 17.2. The molecule has 0 aliphatic heterocycles. The quantitative estimate of drug-likeness (QED) is 0.284. The number of amides is 2. The highest BCUT2D eigenvalue weighted by Gasteiger charge is 2.31. The maximum Gasteiger partial charge on any atom is 0.305 e. The summed E-state index contributed by atoms with van der Waals surface area (Å²) in [6.07, 6.45) is 2.20. The fourth-order valence-electron chi connectivity index (χ4n) is 3.70. The summed E-state index contributed by atoms with van der Waals surface area (Å²) in [6.45, 7) is 3.77. The minimum Gasteiger partial charge on any atom is -0.481 e. The third-order valence-electron chi connectivity index (χ3n) is 5.68. The van der Waals surface area contributed by atoms with Gasteiger partial charge in [-0.15, -0.1) is 0 Å². The molecule has 2 aromatic carbocycles. The molecular formula is C28H32N4O4. The maximum absolute atomic E-state index is 13.0. The Kier molecular flexibility index (Phi) is 9.16. The zero-order valence-corrected chi connectivity index (χ0v) is 20.5. The summed E-state index contributed by atoms with van der Waals surface area (Å²) in [7, 11) is 0. The molecule has 0 fully saturated rings. The third-order valence-corrected chi connectivity index (χ3v) is 5.68. The van der Waals surface area contributed by atoms with Gasteiger partial charge in [-0.05, 0) is 49.1 Å². The first kappa shape index (κ1) is 26.4. The van der Waals surface area contributed by atoms with Gasteiger partial charge in [-0.25, -0.2) is 4.98 Å². The largest absolute Gasteiger partial charge is 0.481 e. The van der Waals surface area contributed by atoms with Gasteiger partial charge >= 0.3 is 5.97 Å². The van der Waals surface area contributed by atoms with Crippen LogP contribution < -0.4 is 16.0 Å². The Labute approximate surface area is 211 Å². The smallest absolute Gasteiger partial charge is 0.305 e. The lowest BCUT2D eigenvalue weighted by Crippen LogP contribution is -2.55. The predicted octanol–water partition coefficient (Wildman–Crippen LogP) is 4.17. The SMILES string of the molecule is CC(C)(NC(=O)CCCNc1ccccn1)C(=O)NC(CC(=O)O)c1ccc(-c2ccccc2)cc1. The van der Waals surface area contributed by atoms with Crippen molar-refractivity contribution in [1.29, 1.82) is 0 Å². The number of benzene rings is 2. The molecule has 0 radical (unpaired) electrons. The van der Waals surface area contributed by atoms with E-state index in [1.165, 1.54) is 0 Å². The van der Waals surface area contributed by atoms with Crippen molar-refractivity contribution in [2.45, 2.75) is 44.7 Å². The molecule has 0 saturated heterocycles. The summed E-state index contributed by atoms with van der Waals surface area (Å²) in [4.78, 5) is 41.1. The first-order valence-electron chi connectivity index (χ1n) is 11.9. The second-order valence-corrected chi connectivity index (χ2v) is 9.03. The Balaban J connectivity index is 1.56. The number of aliphatic carboxylic acids is 1. The molecule has 0 bridgehead atoms. The number of carbonyl (C=O) groups excluding carboxylic acids is 2. The molecule has 1 aromatic heterocycles. The second-order valence-electron chi connectivity index (χ2n) is 9.03. The second kappa shape index (κ2) is 12.5. The van der Waals surface area contributed by atoms with E-state index in [1.54, 1.807) is 20.0 Å². The molecule has 2 amide bonds. The van der Waals surface area contributed by atoms with Crippen molar-refractivity contribution in [3.63, 3.8) is 0 Å².